The molecule has 0 aliphatic carbocycles. The van der Waals surface area contributed by atoms with E-state index in [2.05, 4.69) is 0 Å². The van der Waals surface area contributed by atoms with Crippen molar-refractivity contribution in [1.29, 1.82) is 0 Å². The van der Waals surface area contributed by atoms with Crippen LogP contribution in [0.25, 0.3) is 0 Å². The van der Waals surface area contributed by atoms with Gasteiger partial charge in [-0.05, 0) is 33.1 Å². The first-order valence-electron chi connectivity index (χ1n) is 20.8. The van der Waals surface area contributed by atoms with Crippen molar-refractivity contribution in [2.75, 3.05) is 13.2 Å². The fraction of sp³-hybridized carbons (Fsp3) is 0.974. The summed E-state index contributed by atoms with van der Waals surface area (Å²) in [7, 11) is 0. The van der Waals surface area contributed by atoms with Crippen LogP contribution in [0.1, 0.15) is 91.4 Å². The van der Waals surface area contributed by atoms with Gasteiger partial charge >= 0.3 is 5.97 Å². The number of unbranched alkanes of at least 4 members (excludes halogenated alkanes) is 6. The van der Waals surface area contributed by atoms with Crippen molar-refractivity contribution < 1.29 is 104 Å². The third-order valence-electron chi connectivity index (χ3n) is 11.5. The summed E-state index contributed by atoms with van der Waals surface area (Å²) in [5, 5.41) is 126. The minimum atomic E-state index is -1.91. The van der Waals surface area contributed by atoms with Crippen molar-refractivity contribution in [2.45, 2.75) is 220 Å². The lowest BCUT2D eigenvalue weighted by Gasteiger charge is -2.49. The second kappa shape index (κ2) is 24.0. The Hall–Kier alpha value is -1.29. The van der Waals surface area contributed by atoms with E-state index >= 15 is 0 Å². The largest absolute Gasteiger partial charge is 0.481 e. The maximum absolute atomic E-state index is 11.4. The molecule has 0 radical (unpaired) electrons. The van der Waals surface area contributed by atoms with E-state index in [0.717, 1.165) is 38.5 Å². The molecule has 0 bridgehead atoms. The summed E-state index contributed by atoms with van der Waals surface area (Å²) < 4.78 is 47.1. The standard InChI is InChI=1S/C38H68O21/c1-4-12-19(13-10-8-6-5-7-9-11-14-22(41)42)54-37-33(28(48)25(45)20(15-39)55-37)59-38-34(29(49)26(46)21(16-40)56-38)58-36-31(51)32(24(44)18(3)53-36)57-35-30(50)27(47)23(43)17(2)52-35/h17-21,23-40,43-51H,4-16H2,1-3H3,(H,41,42)/t17-,18-,19-,20+,21+,23-,24-,25-,26-,27+,28-,29-,30+,31+,32+,33+,34+,35-,36-,37+,38-/m0/s1. The Morgan fingerprint density at radius 2 is 0.983 bits per heavy atom. The smallest absolute Gasteiger partial charge is 0.303 e. The molecule has 0 spiro atoms. The molecule has 21 atom stereocenters. The molecule has 4 aliphatic heterocycles. The van der Waals surface area contributed by atoms with Gasteiger partial charge in [0.25, 0.3) is 0 Å². The second-order valence-corrected chi connectivity index (χ2v) is 16.0. The number of carboxylic acids is 1. The van der Waals surface area contributed by atoms with Crippen molar-refractivity contribution in [3.63, 3.8) is 0 Å². The van der Waals surface area contributed by atoms with E-state index in [-0.39, 0.29) is 6.42 Å². The maximum Gasteiger partial charge on any atom is 0.303 e. The minimum Gasteiger partial charge on any atom is -0.481 e. The zero-order chi connectivity index (χ0) is 43.6. The van der Waals surface area contributed by atoms with E-state index in [9.17, 15) is 61.0 Å². The van der Waals surface area contributed by atoms with Crippen molar-refractivity contribution in [3.8, 4) is 0 Å². The Morgan fingerprint density at radius 1 is 0.508 bits per heavy atom. The lowest BCUT2D eigenvalue weighted by atomic mass is 9.96. The summed E-state index contributed by atoms with van der Waals surface area (Å²) in [6.07, 6.45) is -24.6. The zero-order valence-electron chi connectivity index (χ0n) is 33.9. The monoisotopic (exact) mass is 860 g/mol. The molecule has 0 aromatic heterocycles. The van der Waals surface area contributed by atoms with Gasteiger partial charge in [-0.2, -0.15) is 0 Å². The summed E-state index contributed by atoms with van der Waals surface area (Å²) in [6.45, 7) is 3.26. The number of rotatable bonds is 22. The number of aliphatic hydroxyl groups excluding tert-OH is 11. The lowest BCUT2D eigenvalue weighted by molar-refractivity contribution is -0.400. The predicted molar refractivity (Wildman–Crippen MR) is 198 cm³/mol. The number of carboxylic acid groups (broad SMARTS) is 1. The van der Waals surface area contributed by atoms with Gasteiger partial charge in [0.15, 0.2) is 25.2 Å². The van der Waals surface area contributed by atoms with Crippen LogP contribution in [0.4, 0.5) is 0 Å². The van der Waals surface area contributed by atoms with E-state index in [0.29, 0.717) is 25.7 Å². The van der Waals surface area contributed by atoms with E-state index in [4.69, 9.17) is 43.0 Å². The van der Waals surface area contributed by atoms with Gasteiger partial charge in [-0.3, -0.25) is 4.79 Å². The highest BCUT2D eigenvalue weighted by atomic mass is 16.8. The average Bonchev–Trinajstić information content (AvgIpc) is 3.20. The highest BCUT2D eigenvalue weighted by molar-refractivity contribution is 5.66. The molecule has 0 unspecified atom stereocenters. The van der Waals surface area contributed by atoms with Crippen molar-refractivity contribution in [1.82, 2.24) is 0 Å². The molecule has 4 rings (SSSR count). The van der Waals surface area contributed by atoms with Crippen LogP contribution in [0.3, 0.4) is 0 Å². The van der Waals surface area contributed by atoms with Gasteiger partial charge in [0.1, 0.15) is 85.5 Å². The first-order chi connectivity index (χ1) is 28.0. The topological polar surface area (TPSA) is 334 Å². The van der Waals surface area contributed by atoms with Crippen LogP contribution in [0, 0.1) is 0 Å². The molecule has 4 fully saturated rings. The molecule has 0 saturated carbocycles. The quantitative estimate of drug-likeness (QED) is 0.0486. The number of ether oxygens (including phenoxy) is 8. The molecule has 21 heteroatoms. The van der Waals surface area contributed by atoms with Crippen LogP contribution in [0.2, 0.25) is 0 Å². The fourth-order valence-corrected chi connectivity index (χ4v) is 7.81. The normalized spacial score (nSPS) is 43.7. The number of hydrogen-bond donors (Lipinski definition) is 12. The number of aliphatic carboxylic acids is 1. The molecule has 59 heavy (non-hydrogen) atoms. The summed E-state index contributed by atoms with van der Waals surface area (Å²) in [6, 6.07) is 0. The molecule has 12 N–H and O–H groups in total. The lowest BCUT2D eigenvalue weighted by Crippen LogP contribution is -2.67. The first-order valence-corrected chi connectivity index (χ1v) is 20.8. The molecule has 4 heterocycles. The summed E-state index contributed by atoms with van der Waals surface area (Å²) in [5.41, 5.74) is 0. The fourth-order valence-electron chi connectivity index (χ4n) is 7.81. The van der Waals surface area contributed by atoms with Gasteiger partial charge in [-0.15, -0.1) is 0 Å². The minimum absolute atomic E-state index is 0.152. The Morgan fingerprint density at radius 3 is 1.54 bits per heavy atom. The van der Waals surface area contributed by atoms with Gasteiger partial charge in [0, 0.05) is 6.42 Å². The Kier molecular flexibility index (Phi) is 20.4. The molecule has 0 amide bonds. The predicted octanol–water partition coefficient (Wildman–Crippen LogP) is -2.91. The van der Waals surface area contributed by atoms with Crippen LogP contribution < -0.4 is 0 Å². The Bertz CT molecular complexity index is 1220. The molecule has 346 valence electrons. The van der Waals surface area contributed by atoms with Crippen LogP contribution in [-0.2, 0) is 42.7 Å². The molecule has 0 aromatic carbocycles. The summed E-state index contributed by atoms with van der Waals surface area (Å²) in [5.74, 6) is -0.807. The molecule has 0 aromatic rings. The average molecular weight is 861 g/mol. The highest BCUT2D eigenvalue weighted by Gasteiger charge is 2.55. The van der Waals surface area contributed by atoms with Gasteiger partial charge in [-0.25, -0.2) is 0 Å². The SMILES string of the molecule is CCC[C@@H](CCCCCCCCCC(=O)O)O[C@@H]1O[C@H](CO)[C@H](O)[C@H](O)[C@H]1O[C@@H]1O[C@H](CO)[C@H](O)[C@H](O)[C@H]1O[C@@H]1O[C@@H](C)[C@H](O)[C@@H](O[C@@H]2O[C@@H](C)[C@H](O)[C@@H](O)[C@H]2O)[C@H]1O. The van der Waals surface area contributed by atoms with Gasteiger partial charge in [0.05, 0.1) is 31.5 Å². The summed E-state index contributed by atoms with van der Waals surface area (Å²) in [4.78, 5) is 10.7. The number of carbonyl (C=O) groups is 1. The third kappa shape index (κ3) is 13.1. The molecular formula is C38H68O21. The third-order valence-corrected chi connectivity index (χ3v) is 11.5. The maximum atomic E-state index is 11.4. The van der Waals surface area contributed by atoms with Crippen molar-refractivity contribution >= 4 is 5.97 Å². The number of hydrogen-bond acceptors (Lipinski definition) is 20. The number of aliphatic hydroxyl groups is 11. The first kappa shape index (κ1) is 50.4. The van der Waals surface area contributed by atoms with Crippen LogP contribution >= 0.6 is 0 Å². The van der Waals surface area contributed by atoms with Crippen LogP contribution in [0.5, 0.6) is 0 Å². The second-order valence-electron chi connectivity index (χ2n) is 16.0. The van der Waals surface area contributed by atoms with E-state index < -0.39 is 148 Å². The summed E-state index contributed by atoms with van der Waals surface area (Å²) >= 11 is 0. The highest BCUT2D eigenvalue weighted by Crippen LogP contribution is 2.35. The van der Waals surface area contributed by atoms with Crippen molar-refractivity contribution in [2.24, 2.45) is 0 Å². The molecular weight excluding hydrogens is 792 g/mol. The van der Waals surface area contributed by atoms with Gasteiger partial charge in [-0.1, -0.05) is 51.9 Å². The van der Waals surface area contributed by atoms with Gasteiger partial charge < -0.3 is 99.2 Å². The zero-order valence-corrected chi connectivity index (χ0v) is 33.9. The molecule has 21 nitrogen and oxygen atoms in total. The van der Waals surface area contributed by atoms with Crippen LogP contribution in [0.15, 0.2) is 0 Å². The Balaban J connectivity index is 1.49. The van der Waals surface area contributed by atoms with Crippen molar-refractivity contribution in [3.05, 3.63) is 0 Å². The van der Waals surface area contributed by atoms with Crippen LogP contribution in [-0.4, -0.2) is 209 Å². The van der Waals surface area contributed by atoms with Gasteiger partial charge in [0.2, 0.25) is 0 Å². The van der Waals surface area contributed by atoms with E-state index in [1.54, 1.807) is 0 Å². The molecule has 4 aliphatic rings. The molecule has 4 saturated heterocycles. The van der Waals surface area contributed by atoms with E-state index in [1.165, 1.54) is 13.8 Å². The van der Waals surface area contributed by atoms with E-state index in [1.807, 2.05) is 6.92 Å². The Labute approximate surface area is 343 Å².